The number of hydrogen-bond acceptors (Lipinski definition) is 10. The van der Waals surface area contributed by atoms with Crippen LogP contribution >= 0.6 is 0 Å². The Bertz CT molecular complexity index is 2280. The third kappa shape index (κ3) is 4.08. The van der Waals surface area contributed by atoms with E-state index in [9.17, 15) is 14.7 Å². The van der Waals surface area contributed by atoms with Crippen LogP contribution in [-0.4, -0.2) is 81.5 Å². The molecule has 1 atom stereocenters. The minimum absolute atomic E-state index is 0.0522. The van der Waals surface area contributed by atoms with Gasteiger partial charge in [0, 0.05) is 41.5 Å². The minimum atomic E-state index is -0.576. The van der Waals surface area contributed by atoms with Gasteiger partial charge in [-0.05, 0) is 24.6 Å². The van der Waals surface area contributed by atoms with E-state index in [1.54, 1.807) is 28.5 Å². The van der Waals surface area contributed by atoms with Gasteiger partial charge in [-0.15, -0.1) is 0 Å². The molecule has 1 amide bonds. The number of fused-ring (bicyclic) bond motifs is 5. The van der Waals surface area contributed by atoms with Gasteiger partial charge >= 0.3 is 5.97 Å². The Morgan fingerprint density at radius 2 is 1.80 bits per heavy atom. The number of methoxy groups -OCH3 is 4. The Morgan fingerprint density at radius 3 is 2.52 bits per heavy atom. The van der Waals surface area contributed by atoms with Crippen LogP contribution in [0.4, 0.5) is 5.69 Å². The molecule has 0 saturated carbocycles. The number of imidazole rings is 1. The number of phenolic OH excluding ortho intramolecular Hbond substituents is 1. The maximum Gasteiger partial charge on any atom is 0.340 e. The highest BCUT2D eigenvalue weighted by molar-refractivity contribution is 6.15. The third-order valence-electron chi connectivity index (χ3n) is 8.52. The fourth-order valence-corrected chi connectivity index (χ4v) is 6.54. The SMILES string of the molecule is COC(=O)c1c(C)[nH]c2c(O)cc3c(c12)C(Cn1cnc(=N)c2[nH]cnc21)CN3C(=O)c1cc2cc(OC)c(OC)c(OC)c2[nH]1. The van der Waals surface area contributed by atoms with Crippen LogP contribution in [-0.2, 0) is 11.3 Å². The molecular formula is C31H30N8O7. The molecule has 7 rings (SSSR count). The number of hydrogen-bond donors (Lipinski definition) is 5. The number of anilines is 1. The number of aromatic amines is 3. The van der Waals surface area contributed by atoms with Crippen molar-refractivity contribution in [3.8, 4) is 23.0 Å². The van der Waals surface area contributed by atoms with Gasteiger partial charge in [0.2, 0.25) is 5.75 Å². The number of carbonyl (C=O) groups excluding carboxylic acids is 2. The number of aromatic nitrogens is 6. The lowest BCUT2D eigenvalue weighted by molar-refractivity contribution is 0.0602. The molecule has 0 fully saturated rings. The molecule has 15 heteroatoms. The number of rotatable bonds is 7. The number of nitrogens with one attached hydrogen (secondary N) is 4. The van der Waals surface area contributed by atoms with Gasteiger partial charge in [-0.25, -0.2) is 14.8 Å². The first-order valence-corrected chi connectivity index (χ1v) is 14.2. The van der Waals surface area contributed by atoms with Crippen molar-refractivity contribution in [3.05, 3.63) is 58.9 Å². The van der Waals surface area contributed by atoms with E-state index < -0.39 is 5.97 Å². The van der Waals surface area contributed by atoms with E-state index in [1.807, 2.05) is 0 Å². The van der Waals surface area contributed by atoms with E-state index in [0.29, 0.717) is 73.7 Å². The van der Waals surface area contributed by atoms with Gasteiger partial charge in [0.1, 0.15) is 17.0 Å². The number of ether oxygens (including phenoxy) is 4. The molecule has 1 aliphatic heterocycles. The third-order valence-corrected chi connectivity index (χ3v) is 8.52. The van der Waals surface area contributed by atoms with Crippen LogP contribution in [0.3, 0.4) is 0 Å². The number of H-pyrrole nitrogens is 3. The summed E-state index contributed by atoms with van der Waals surface area (Å²) >= 11 is 0. The fourth-order valence-electron chi connectivity index (χ4n) is 6.54. The Morgan fingerprint density at radius 1 is 1.02 bits per heavy atom. The predicted octanol–water partition coefficient (Wildman–Crippen LogP) is 3.47. The van der Waals surface area contributed by atoms with Crippen molar-refractivity contribution in [2.45, 2.75) is 19.4 Å². The van der Waals surface area contributed by atoms with Gasteiger partial charge in [-0.1, -0.05) is 0 Å². The van der Waals surface area contributed by atoms with Crippen molar-refractivity contribution in [2.24, 2.45) is 0 Å². The van der Waals surface area contributed by atoms with Crippen LogP contribution in [0, 0.1) is 12.3 Å². The van der Waals surface area contributed by atoms with Gasteiger partial charge in [0.15, 0.2) is 22.6 Å². The van der Waals surface area contributed by atoms with Crippen molar-refractivity contribution in [2.75, 3.05) is 39.9 Å². The van der Waals surface area contributed by atoms with E-state index in [1.165, 1.54) is 47.2 Å². The molecule has 5 heterocycles. The quantitative estimate of drug-likeness (QED) is 0.165. The summed E-state index contributed by atoms with van der Waals surface area (Å²) in [5.41, 5.74) is 4.11. The summed E-state index contributed by atoms with van der Waals surface area (Å²) < 4.78 is 23.6. The highest BCUT2D eigenvalue weighted by atomic mass is 16.5. The zero-order valence-corrected chi connectivity index (χ0v) is 25.6. The molecule has 4 aromatic heterocycles. The van der Waals surface area contributed by atoms with E-state index in [-0.39, 0.29) is 40.9 Å². The topological polar surface area (TPSA) is 196 Å². The van der Waals surface area contributed by atoms with Crippen LogP contribution in [0.15, 0.2) is 30.9 Å². The first kappa shape index (κ1) is 28.8. The lowest BCUT2D eigenvalue weighted by Crippen LogP contribution is -2.31. The smallest absolute Gasteiger partial charge is 0.340 e. The number of aromatic hydroxyl groups is 1. The van der Waals surface area contributed by atoms with Crippen LogP contribution in [0.1, 0.15) is 38.0 Å². The van der Waals surface area contributed by atoms with Crippen LogP contribution in [0.2, 0.25) is 0 Å². The van der Waals surface area contributed by atoms with Crippen molar-refractivity contribution in [1.29, 1.82) is 5.41 Å². The van der Waals surface area contributed by atoms with Crippen LogP contribution < -0.4 is 24.6 Å². The molecule has 1 aliphatic rings. The van der Waals surface area contributed by atoms with Gasteiger partial charge in [-0.3, -0.25) is 10.2 Å². The molecule has 0 saturated heterocycles. The summed E-state index contributed by atoms with van der Waals surface area (Å²) in [7, 11) is 5.82. The summed E-state index contributed by atoms with van der Waals surface area (Å²) in [6.07, 6.45) is 3.02. The first-order valence-electron chi connectivity index (χ1n) is 14.2. The number of benzene rings is 2. The fraction of sp³-hybridized carbons (Fsp3) is 0.258. The molecule has 15 nitrogen and oxygen atoms in total. The van der Waals surface area contributed by atoms with Crippen molar-refractivity contribution < 1.29 is 33.6 Å². The normalized spacial score (nSPS) is 14.3. The predicted molar refractivity (Wildman–Crippen MR) is 166 cm³/mol. The molecule has 1 unspecified atom stereocenters. The largest absolute Gasteiger partial charge is 0.506 e. The van der Waals surface area contributed by atoms with Gasteiger partial charge in [0.05, 0.1) is 63.4 Å². The second-order valence-electron chi connectivity index (χ2n) is 10.9. The highest BCUT2D eigenvalue weighted by Crippen LogP contribution is 2.48. The summed E-state index contributed by atoms with van der Waals surface area (Å²) in [6.45, 7) is 2.22. The molecule has 236 valence electrons. The monoisotopic (exact) mass is 626 g/mol. The second-order valence-corrected chi connectivity index (χ2v) is 10.9. The summed E-state index contributed by atoms with van der Waals surface area (Å²) in [6, 6.07) is 4.98. The maximum absolute atomic E-state index is 14.4. The number of aryl methyl sites for hydroxylation is 1. The molecule has 0 bridgehead atoms. The van der Waals surface area contributed by atoms with Crippen LogP contribution in [0.25, 0.3) is 33.0 Å². The number of nitrogens with zero attached hydrogens (tertiary/aromatic N) is 4. The van der Waals surface area contributed by atoms with E-state index in [4.69, 9.17) is 24.4 Å². The summed E-state index contributed by atoms with van der Waals surface area (Å²) in [4.78, 5) is 46.9. The minimum Gasteiger partial charge on any atom is -0.506 e. The molecular weight excluding hydrogens is 596 g/mol. The average Bonchev–Trinajstić information content (AvgIpc) is 3.85. The zero-order chi connectivity index (χ0) is 32.4. The second kappa shape index (κ2) is 10.6. The highest BCUT2D eigenvalue weighted by Gasteiger charge is 2.39. The van der Waals surface area contributed by atoms with Crippen molar-refractivity contribution in [3.63, 3.8) is 0 Å². The number of esters is 1. The molecule has 6 aromatic rings. The molecule has 46 heavy (non-hydrogen) atoms. The molecule has 0 spiro atoms. The van der Waals surface area contributed by atoms with Gasteiger partial charge < -0.3 is 48.5 Å². The number of amides is 1. The maximum atomic E-state index is 14.4. The van der Waals surface area contributed by atoms with E-state index >= 15 is 0 Å². The Kier molecular flexibility index (Phi) is 6.61. The Balaban J connectivity index is 1.42. The zero-order valence-electron chi connectivity index (χ0n) is 25.6. The lowest BCUT2D eigenvalue weighted by Gasteiger charge is -2.18. The van der Waals surface area contributed by atoms with E-state index in [2.05, 4.69) is 24.9 Å². The molecule has 0 radical (unpaired) electrons. The Labute approximate surface area is 260 Å². The average molecular weight is 627 g/mol. The first-order chi connectivity index (χ1) is 22.2. The molecule has 0 aliphatic carbocycles. The molecule has 5 N–H and O–H groups in total. The van der Waals surface area contributed by atoms with Gasteiger partial charge in [-0.2, -0.15) is 0 Å². The summed E-state index contributed by atoms with van der Waals surface area (Å²) in [5.74, 6) is -0.261. The number of carbonyl (C=O) groups is 2. The summed E-state index contributed by atoms with van der Waals surface area (Å²) in [5, 5.41) is 20.5. The van der Waals surface area contributed by atoms with Crippen molar-refractivity contribution in [1.82, 2.24) is 29.5 Å². The van der Waals surface area contributed by atoms with E-state index in [0.717, 1.165) is 0 Å². The standard InChI is InChI=1S/C31H30N8O7/c1-13-20(31(42)46-5)22-21-15(9-38-12-35-28(32)25-29(38)34-11-33-25)10-39(17(21)8-18(40)24(22)36-13)30(41)16-6-14-7-19(43-2)26(44-3)27(45-4)23(14)37-16/h6-8,11-12,15,32,36-37,40H,9-10H2,1-5H3,(H,33,34). The Hall–Kier alpha value is -5.99. The van der Waals surface area contributed by atoms with Crippen LogP contribution in [0.5, 0.6) is 23.0 Å². The number of phenols is 1. The molecule has 2 aromatic carbocycles. The van der Waals surface area contributed by atoms with Crippen molar-refractivity contribution >= 4 is 50.5 Å². The van der Waals surface area contributed by atoms with Gasteiger partial charge in [0.25, 0.3) is 5.91 Å². The lowest BCUT2D eigenvalue weighted by atomic mass is 9.94.